The van der Waals surface area contributed by atoms with Gasteiger partial charge in [0.1, 0.15) is 11.6 Å². The number of hydrogen-bond acceptors (Lipinski definition) is 3. The van der Waals surface area contributed by atoms with E-state index in [0.29, 0.717) is 37.8 Å². The second-order valence-corrected chi connectivity index (χ2v) is 9.25. The third-order valence-electron chi connectivity index (χ3n) is 7.08. The molecule has 3 fully saturated rings. The Balaban J connectivity index is 1.20. The maximum Gasteiger partial charge on any atom is 0.326 e. The Kier molecular flexibility index (Phi) is 3.65. The van der Waals surface area contributed by atoms with Crippen LogP contribution in [0.15, 0.2) is 52.4 Å². The van der Waals surface area contributed by atoms with E-state index < -0.39 is 23.1 Å². The van der Waals surface area contributed by atoms with Crippen molar-refractivity contribution in [3.05, 3.63) is 70.1 Å². The van der Waals surface area contributed by atoms with Crippen molar-refractivity contribution >= 4 is 23.2 Å². The minimum atomic E-state index is -0.664. The molecule has 6 nitrogen and oxygen atoms in total. The first-order valence-electron chi connectivity index (χ1n) is 10.4. The summed E-state index contributed by atoms with van der Waals surface area (Å²) in [5, 5.41) is 5.63. The molecule has 158 valence electrons. The van der Waals surface area contributed by atoms with Gasteiger partial charge in [0.25, 0.3) is 0 Å². The molecular formula is C23H20F2N4O2. The summed E-state index contributed by atoms with van der Waals surface area (Å²) in [4.78, 5) is 28.6. The number of hydrogen-bond donors (Lipinski definition) is 1. The number of benzene rings is 2. The Morgan fingerprint density at radius 1 is 1.13 bits per heavy atom. The molecule has 1 atom stereocenters. The molecule has 1 aromatic heterocycles. The van der Waals surface area contributed by atoms with Gasteiger partial charge < -0.3 is 4.98 Å². The molecule has 2 heterocycles. The summed E-state index contributed by atoms with van der Waals surface area (Å²) in [6, 6.07) is 10.4. The van der Waals surface area contributed by atoms with Crippen LogP contribution >= 0.6 is 0 Å². The second kappa shape index (κ2) is 6.12. The number of hydrazone groups is 1. The Bertz CT molecular complexity index is 1280. The fraction of sp³-hybridized carbons (Fsp3) is 0.348. The Hall–Kier alpha value is -3.29. The lowest BCUT2D eigenvalue weighted by atomic mass is 9.34. The van der Waals surface area contributed by atoms with Gasteiger partial charge in [0.15, 0.2) is 0 Å². The highest BCUT2D eigenvalue weighted by atomic mass is 19.1. The maximum absolute atomic E-state index is 13.7. The average molecular weight is 422 g/mol. The molecule has 3 aromatic rings. The molecule has 2 aromatic carbocycles. The Morgan fingerprint density at radius 3 is 2.58 bits per heavy atom. The molecule has 31 heavy (non-hydrogen) atoms. The number of aromatic amines is 1. The van der Waals surface area contributed by atoms with Crippen molar-refractivity contribution in [1.29, 1.82) is 0 Å². The topological polar surface area (TPSA) is 70.5 Å². The van der Waals surface area contributed by atoms with Crippen LogP contribution in [0.5, 0.6) is 0 Å². The van der Waals surface area contributed by atoms with Gasteiger partial charge in [0.2, 0.25) is 5.91 Å². The van der Waals surface area contributed by atoms with Crippen LogP contribution in [0.3, 0.4) is 0 Å². The summed E-state index contributed by atoms with van der Waals surface area (Å²) in [7, 11) is 0. The first-order valence-corrected chi connectivity index (χ1v) is 10.4. The molecule has 0 radical (unpaired) electrons. The number of nitrogens with zero attached hydrogens (tertiary/aromatic N) is 3. The van der Waals surface area contributed by atoms with Crippen LogP contribution in [-0.2, 0) is 11.3 Å². The highest BCUT2D eigenvalue weighted by molar-refractivity contribution is 5.88. The predicted molar refractivity (Wildman–Crippen MR) is 110 cm³/mol. The molecule has 0 saturated heterocycles. The van der Waals surface area contributed by atoms with Gasteiger partial charge in [-0.3, -0.25) is 9.36 Å². The zero-order valence-electron chi connectivity index (χ0n) is 16.6. The highest BCUT2D eigenvalue weighted by Gasteiger charge is 2.72. The molecule has 3 saturated carbocycles. The standard InChI is InChI=1S/C23H20F2N4O2/c24-15-7-14(8-16(25)9-15)18-5-6-26-29(18)20(30)23-10-22(11-23,12-23)13-28-19-4-2-1-3-17(19)27-21(28)31/h1-4,6-9,18H,5,10-13H2,(H,27,31). The molecular weight excluding hydrogens is 402 g/mol. The number of para-hydroxylation sites is 2. The minimum absolute atomic E-state index is 0.0612. The minimum Gasteiger partial charge on any atom is -0.306 e. The molecule has 1 amide bonds. The van der Waals surface area contributed by atoms with E-state index in [1.807, 2.05) is 24.3 Å². The van der Waals surface area contributed by atoms with Crippen LogP contribution < -0.4 is 5.69 Å². The van der Waals surface area contributed by atoms with Crippen LogP contribution in [0.4, 0.5) is 8.78 Å². The molecule has 1 unspecified atom stereocenters. The van der Waals surface area contributed by atoms with Gasteiger partial charge in [-0.2, -0.15) is 5.10 Å². The number of carbonyl (C=O) groups is 1. The van der Waals surface area contributed by atoms with E-state index >= 15 is 0 Å². The van der Waals surface area contributed by atoms with Crippen molar-refractivity contribution in [2.45, 2.75) is 38.3 Å². The lowest BCUT2D eigenvalue weighted by Crippen LogP contribution is -2.69. The van der Waals surface area contributed by atoms with Crippen molar-refractivity contribution in [3.8, 4) is 0 Å². The summed E-state index contributed by atoms with van der Waals surface area (Å²) >= 11 is 0. The van der Waals surface area contributed by atoms with Crippen molar-refractivity contribution in [1.82, 2.24) is 14.6 Å². The number of H-pyrrole nitrogens is 1. The number of nitrogens with one attached hydrogen (secondary N) is 1. The van der Waals surface area contributed by atoms with E-state index in [1.165, 1.54) is 17.1 Å². The summed E-state index contributed by atoms with van der Waals surface area (Å²) in [6.45, 7) is 0.576. The lowest BCUT2D eigenvalue weighted by Gasteiger charge is -2.69. The first-order chi connectivity index (χ1) is 14.9. The fourth-order valence-corrected chi connectivity index (χ4v) is 5.89. The largest absolute Gasteiger partial charge is 0.326 e. The molecule has 1 N–H and O–H groups in total. The van der Waals surface area contributed by atoms with E-state index in [-0.39, 0.29) is 17.0 Å². The van der Waals surface area contributed by atoms with Crippen LogP contribution in [0, 0.1) is 22.5 Å². The SMILES string of the molecule is O=C(N1N=CCC1c1cc(F)cc(F)c1)C12CC(Cn3c(=O)[nH]c4ccccc43)(C1)C2. The third kappa shape index (κ3) is 2.63. The molecule has 4 aliphatic rings. The average Bonchev–Trinajstić information content (AvgIpc) is 3.27. The number of halogens is 2. The van der Waals surface area contributed by atoms with Crippen LogP contribution in [-0.4, -0.2) is 26.7 Å². The molecule has 7 rings (SSSR count). The van der Waals surface area contributed by atoms with Gasteiger partial charge in [0.05, 0.1) is 22.5 Å². The maximum atomic E-state index is 13.7. The van der Waals surface area contributed by atoms with E-state index in [9.17, 15) is 18.4 Å². The second-order valence-electron chi connectivity index (χ2n) is 9.25. The highest BCUT2D eigenvalue weighted by Crippen LogP contribution is 2.74. The van der Waals surface area contributed by atoms with Gasteiger partial charge in [0, 0.05) is 25.2 Å². The monoisotopic (exact) mass is 422 g/mol. The van der Waals surface area contributed by atoms with Crippen molar-refractivity contribution in [2.75, 3.05) is 0 Å². The smallest absolute Gasteiger partial charge is 0.306 e. The molecule has 3 aliphatic carbocycles. The van der Waals surface area contributed by atoms with Crippen LogP contribution in [0.25, 0.3) is 11.0 Å². The zero-order valence-corrected chi connectivity index (χ0v) is 16.6. The number of fused-ring (bicyclic) bond motifs is 1. The summed E-state index contributed by atoms with van der Waals surface area (Å²) in [6.07, 6.45) is 4.14. The van der Waals surface area contributed by atoms with Gasteiger partial charge in [-0.15, -0.1) is 0 Å². The lowest BCUT2D eigenvalue weighted by molar-refractivity contribution is -0.222. The van der Waals surface area contributed by atoms with E-state index in [0.717, 1.165) is 17.1 Å². The van der Waals surface area contributed by atoms with Crippen molar-refractivity contribution < 1.29 is 13.6 Å². The molecule has 1 aliphatic heterocycles. The number of aromatic nitrogens is 2. The quantitative estimate of drug-likeness (QED) is 0.696. The van der Waals surface area contributed by atoms with E-state index in [2.05, 4.69) is 10.1 Å². The van der Waals surface area contributed by atoms with Crippen molar-refractivity contribution in [2.24, 2.45) is 15.9 Å². The molecule has 2 bridgehead atoms. The fourth-order valence-electron chi connectivity index (χ4n) is 5.89. The van der Waals surface area contributed by atoms with Gasteiger partial charge >= 0.3 is 5.69 Å². The van der Waals surface area contributed by atoms with E-state index in [1.54, 1.807) is 10.8 Å². The third-order valence-corrected chi connectivity index (χ3v) is 7.08. The molecule has 8 heteroatoms. The summed E-state index contributed by atoms with van der Waals surface area (Å²) < 4.78 is 29.1. The molecule has 0 spiro atoms. The Morgan fingerprint density at radius 2 is 1.84 bits per heavy atom. The van der Waals surface area contributed by atoms with Crippen molar-refractivity contribution in [3.63, 3.8) is 0 Å². The van der Waals surface area contributed by atoms with Crippen LogP contribution in [0.1, 0.15) is 37.3 Å². The number of imidazole rings is 1. The Labute approximate surface area is 176 Å². The van der Waals surface area contributed by atoms with Gasteiger partial charge in [-0.1, -0.05) is 12.1 Å². The summed E-state index contributed by atoms with van der Waals surface area (Å²) in [5.74, 6) is -1.42. The number of amides is 1. The van der Waals surface area contributed by atoms with E-state index in [4.69, 9.17) is 0 Å². The van der Waals surface area contributed by atoms with Gasteiger partial charge in [-0.25, -0.2) is 18.6 Å². The zero-order chi connectivity index (χ0) is 21.4. The van der Waals surface area contributed by atoms with Crippen LogP contribution in [0.2, 0.25) is 0 Å². The predicted octanol–water partition coefficient (Wildman–Crippen LogP) is 3.74. The number of carbonyl (C=O) groups excluding carboxylic acids is 1. The summed E-state index contributed by atoms with van der Waals surface area (Å²) in [5.41, 5.74) is 1.41. The normalized spacial score (nSPS) is 28.6. The number of rotatable bonds is 4. The van der Waals surface area contributed by atoms with Gasteiger partial charge in [-0.05, 0) is 54.5 Å². The first kappa shape index (κ1) is 18.5.